The smallest absolute Gasteiger partial charge is 0.471 e. The topological polar surface area (TPSA) is 83.7 Å². The summed E-state index contributed by atoms with van der Waals surface area (Å²) in [5, 5.41) is 20.3. The number of aromatic hydroxyl groups is 1. The number of benzene rings is 1. The van der Waals surface area contributed by atoms with E-state index in [1.165, 1.54) is 12.1 Å². The predicted molar refractivity (Wildman–Crippen MR) is 67.2 cm³/mol. The van der Waals surface area contributed by atoms with E-state index in [1.807, 2.05) is 0 Å². The number of halogens is 3. The number of hydrogen-bond donors (Lipinski definition) is 1. The lowest BCUT2D eigenvalue weighted by Gasteiger charge is -2.22. The van der Waals surface area contributed by atoms with E-state index in [4.69, 9.17) is 0 Å². The first-order valence-electron chi connectivity index (χ1n) is 6.49. The van der Waals surface area contributed by atoms with E-state index in [0.717, 1.165) is 11.0 Å². The molecule has 1 saturated carbocycles. The molecule has 0 bridgehead atoms. The Hall–Kier alpha value is -2.32. The Kier molecular flexibility index (Phi) is 2.88. The van der Waals surface area contributed by atoms with Crippen molar-refractivity contribution in [2.24, 2.45) is 5.92 Å². The Balaban J connectivity index is 1.87. The molecule has 1 amide bonds. The van der Waals surface area contributed by atoms with Crippen LogP contribution in [-0.4, -0.2) is 40.1 Å². The molecule has 1 aliphatic carbocycles. The third kappa shape index (κ3) is 2.08. The van der Waals surface area contributed by atoms with Crippen LogP contribution in [-0.2, 0) is 10.2 Å². The molecule has 1 heterocycles. The van der Waals surface area contributed by atoms with Gasteiger partial charge in [-0.2, -0.15) is 13.2 Å². The Morgan fingerprint density at radius 2 is 2.14 bits per heavy atom. The summed E-state index contributed by atoms with van der Waals surface area (Å²) in [6.07, 6.45) is -4.34. The first-order chi connectivity index (χ1) is 10.1. The molecule has 118 valence electrons. The van der Waals surface area contributed by atoms with Gasteiger partial charge in [-0.25, -0.2) is 0 Å². The van der Waals surface area contributed by atoms with Gasteiger partial charge in [0.15, 0.2) is 5.75 Å². The van der Waals surface area contributed by atoms with Crippen molar-refractivity contribution in [3.63, 3.8) is 0 Å². The molecular formula is C13H11F3N2O4. The SMILES string of the molecule is O=C(N1C[C@H]2C[C@@]2(c2ccc(O)c([N+](=O)[O-])c2)C1)C(F)(F)F. The second kappa shape index (κ2) is 4.34. The molecule has 1 N–H and O–H groups in total. The van der Waals surface area contributed by atoms with Gasteiger partial charge in [-0.15, -0.1) is 0 Å². The van der Waals surface area contributed by atoms with Crippen LogP contribution < -0.4 is 0 Å². The number of carbonyl (C=O) groups is 1. The molecule has 6 nitrogen and oxygen atoms in total. The number of amides is 1. The first kappa shape index (κ1) is 14.6. The summed E-state index contributed by atoms with van der Waals surface area (Å²) >= 11 is 0. The van der Waals surface area contributed by atoms with Gasteiger partial charge >= 0.3 is 17.8 Å². The lowest BCUT2D eigenvalue weighted by molar-refractivity contribution is -0.385. The van der Waals surface area contributed by atoms with Gasteiger partial charge < -0.3 is 10.0 Å². The molecule has 2 fully saturated rings. The van der Waals surface area contributed by atoms with Crippen LogP contribution in [0.1, 0.15) is 12.0 Å². The molecule has 0 aromatic heterocycles. The van der Waals surface area contributed by atoms with Crippen LogP contribution in [0.15, 0.2) is 18.2 Å². The number of alkyl halides is 3. The zero-order chi connectivity index (χ0) is 16.3. The van der Waals surface area contributed by atoms with Crippen molar-refractivity contribution in [1.29, 1.82) is 0 Å². The van der Waals surface area contributed by atoms with Crippen LogP contribution in [0.3, 0.4) is 0 Å². The maximum atomic E-state index is 12.5. The summed E-state index contributed by atoms with van der Waals surface area (Å²) < 4.78 is 37.4. The summed E-state index contributed by atoms with van der Waals surface area (Å²) in [5.41, 5.74) is -0.670. The average Bonchev–Trinajstić information content (AvgIpc) is 2.99. The Bertz CT molecular complexity index is 676. The second-order valence-corrected chi connectivity index (χ2v) is 5.70. The van der Waals surface area contributed by atoms with Gasteiger partial charge in [0, 0.05) is 24.6 Å². The highest BCUT2D eigenvalue weighted by molar-refractivity contribution is 5.82. The summed E-state index contributed by atoms with van der Waals surface area (Å²) in [7, 11) is 0. The maximum absolute atomic E-state index is 12.5. The normalized spacial score (nSPS) is 26.7. The van der Waals surface area contributed by atoms with Gasteiger partial charge in [0.05, 0.1) is 4.92 Å². The van der Waals surface area contributed by atoms with Gasteiger partial charge in [-0.3, -0.25) is 14.9 Å². The molecule has 1 saturated heterocycles. The molecule has 1 aromatic carbocycles. The maximum Gasteiger partial charge on any atom is 0.471 e. The van der Waals surface area contributed by atoms with Crippen molar-refractivity contribution >= 4 is 11.6 Å². The van der Waals surface area contributed by atoms with Gasteiger partial charge in [-0.1, -0.05) is 6.07 Å². The predicted octanol–water partition coefficient (Wildman–Crippen LogP) is 1.96. The summed E-state index contributed by atoms with van der Waals surface area (Å²) in [6, 6.07) is 3.80. The number of rotatable bonds is 2. The molecule has 0 radical (unpaired) electrons. The zero-order valence-electron chi connectivity index (χ0n) is 11.1. The van der Waals surface area contributed by atoms with Crippen molar-refractivity contribution in [2.75, 3.05) is 13.1 Å². The fraction of sp³-hybridized carbons (Fsp3) is 0.462. The molecule has 22 heavy (non-hydrogen) atoms. The molecular weight excluding hydrogens is 305 g/mol. The van der Waals surface area contributed by atoms with Gasteiger partial charge in [0.2, 0.25) is 0 Å². The van der Waals surface area contributed by atoms with Gasteiger partial charge in [-0.05, 0) is 24.0 Å². The number of phenols is 1. The van der Waals surface area contributed by atoms with Gasteiger partial charge in [0.25, 0.3) is 0 Å². The minimum atomic E-state index is -4.92. The number of nitrogens with zero attached hydrogens (tertiary/aromatic N) is 2. The second-order valence-electron chi connectivity index (χ2n) is 5.70. The highest BCUT2D eigenvalue weighted by Crippen LogP contribution is 2.60. The number of hydrogen-bond acceptors (Lipinski definition) is 4. The third-order valence-electron chi connectivity index (χ3n) is 4.42. The molecule has 3 rings (SSSR count). The first-order valence-corrected chi connectivity index (χ1v) is 6.49. The summed E-state index contributed by atoms with van der Waals surface area (Å²) in [6.45, 7) is -0.120. The zero-order valence-corrected chi connectivity index (χ0v) is 11.1. The molecule has 1 aliphatic heterocycles. The lowest BCUT2D eigenvalue weighted by Crippen LogP contribution is -2.41. The van der Waals surface area contributed by atoms with Crippen molar-refractivity contribution in [2.45, 2.75) is 18.0 Å². The fourth-order valence-corrected chi connectivity index (χ4v) is 3.24. The highest BCUT2D eigenvalue weighted by atomic mass is 19.4. The van der Waals surface area contributed by atoms with E-state index in [-0.39, 0.29) is 19.0 Å². The molecule has 0 spiro atoms. The van der Waals surface area contributed by atoms with Crippen LogP contribution >= 0.6 is 0 Å². The summed E-state index contributed by atoms with van der Waals surface area (Å²) in [5.74, 6) is -2.51. The van der Waals surface area contributed by atoms with Crippen molar-refractivity contribution in [3.8, 4) is 5.75 Å². The van der Waals surface area contributed by atoms with E-state index < -0.39 is 33.9 Å². The van der Waals surface area contributed by atoms with E-state index in [9.17, 15) is 33.2 Å². The minimum Gasteiger partial charge on any atom is -0.502 e. The van der Waals surface area contributed by atoms with Crippen molar-refractivity contribution in [3.05, 3.63) is 33.9 Å². The quantitative estimate of drug-likeness (QED) is 0.668. The number of fused-ring (bicyclic) bond motifs is 1. The van der Waals surface area contributed by atoms with E-state index in [0.29, 0.717) is 12.0 Å². The van der Waals surface area contributed by atoms with E-state index in [2.05, 4.69) is 0 Å². The lowest BCUT2D eigenvalue weighted by atomic mass is 9.94. The molecule has 1 aromatic rings. The van der Waals surface area contributed by atoms with Crippen LogP contribution in [0.5, 0.6) is 5.75 Å². The van der Waals surface area contributed by atoms with Crippen LogP contribution in [0.25, 0.3) is 0 Å². The van der Waals surface area contributed by atoms with Crippen molar-refractivity contribution < 1.29 is 28.0 Å². The number of carbonyl (C=O) groups excluding carboxylic acids is 1. The highest BCUT2D eigenvalue weighted by Gasteiger charge is 2.63. The van der Waals surface area contributed by atoms with Crippen LogP contribution in [0, 0.1) is 16.0 Å². The summed E-state index contributed by atoms with van der Waals surface area (Å²) in [4.78, 5) is 22.1. The molecule has 9 heteroatoms. The standard InChI is InChI=1S/C13H11F3N2O4/c14-13(15,16)11(20)17-5-8-4-12(8,6-17)7-1-2-10(19)9(3-7)18(21)22/h1-3,8,19H,4-6H2/t8-,12+/m1/s1. The third-order valence-corrected chi connectivity index (χ3v) is 4.42. The number of phenolic OH excluding ortho intramolecular Hbond substituents is 1. The van der Waals surface area contributed by atoms with E-state index in [1.54, 1.807) is 0 Å². The monoisotopic (exact) mass is 316 g/mol. The fourth-order valence-electron chi connectivity index (χ4n) is 3.24. The average molecular weight is 316 g/mol. The number of nitro groups is 1. The number of likely N-dealkylation sites (tertiary alicyclic amines) is 1. The van der Waals surface area contributed by atoms with Gasteiger partial charge in [0.1, 0.15) is 0 Å². The van der Waals surface area contributed by atoms with Crippen LogP contribution in [0.4, 0.5) is 18.9 Å². The van der Waals surface area contributed by atoms with Crippen LogP contribution in [0.2, 0.25) is 0 Å². The van der Waals surface area contributed by atoms with E-state index >= 15 is 0 Å². The Morgan fingerprint density at radius 1 is 1.45 bits per heavy atom. The van der Waals surface area contributed by atoms with Crippen molar-refractivity contribution in [1.82, 2.24) is 4.90 Å². The Labute approximate surface area is 122 Å². The molecule has 2 atom stereocenters. The number of piperidine rings is 1. The Morgan fingerprint density at radius 3 is 2.73 bits per heavy atom. The largest absolute Gasteiger partial charge is 0.502 e. The molecule has 2 aliphatic rings. The number of nitro benzene ring substituents is 1. The molecule has 0 unspecified atom stereocenters. The minimum absolute atomic E-state index is 0.00693.